The van der Waals surface area contributed by atoms with Crippen molar-refractivity contribution in [1.29, 1.82) is 0 Å². The fourth-order valence-corrected chi connectivity index (χ4v) is 3.36. The summed E-state index contributed by atoms with van der Waals surface area (Å²) in [6, 6.07) is 6.30. The number of amides is 1. The van der Waals surface area contributed by atoms with Gasteiger partial charge in [0.05, 0.1) is 5.69 Å². The van der Waals surface area contributed by atoms with Crippen molar-refractivity contribution in [2.45, 2.75) is 46.3 Å². The maximum atomic E-state index is 13.9. The Kier molecular flexibility index (Phi) is 6.32. The van der Waals surface area contributed by atoms with Crippen LogP contribution in [0.2, 0.25) is 0 Å². The number of carbonyl (C=O) groups is 1. The summed E-state index contributed by atoms with van der Waals surface area (Å²) < 4.78 is 39.1. The molecule has 0 bridgehead atoms. The number of rotatable bonds is 7. The fraction of sp³-hybridized carbons (Fsp3) is 0.429. The lowest BCUT2D eigenvalue weighted by atomic mass is 9.98. The van der Waals surface area contributed by atoms with Crippen LogP contribution < -0.4 is 20.5 Å². The number of ether oxygens (including phenoxy) is 2. The van der Waals surface area contributed by atoms with Crippen LogP contribution in [-0.4, -0.2) is 23.5 Å². The van der Waals surface area contributed by atoms with Gasteiger partial charge in [0.2, 0.25) is 5.91 Å². The summed E-state index contributed by atoms with van der Waals surface area (Å²) >= 11 is 0. The van der Waals surface area contributed by atoms with Gasteiger partial charge >= 0.3 is 0 Å². The minimum Gasteiger partial charge on any atom is -0.491 e. The molecular formula is C21H25F2N3O3. The molecule has 1 atom stereocenters. The third-order valence-corrected chi connectivity index (χ3v) is 4.51. The number of benzene rings is 1. The van der Waals surface area contributed by atoms with Crippen molar-refractivity contribution in [2.75, 3.05) is 11.9 Å². The Bertz CT molecular complexity index is 903. The Balaban J connectivity index is 1.95. The highest BCUT2D eigenvalue weighted by atomic mass is 19.3. The second kappa shape index (κ2) is 8.73. The molecular weight excluding hydrogens is 380 g/mol. The van der Waals surface area contributed by atoms with E-state index in [1.807, 2.05) is 13.8 Å². The molecule has 1 amide bonds. The van der Waals surface area contributed by atoms with Crippen molar-refractivity contribution < 1.29 is 23.0 Å². The molecule has 1 aliphatic rings. The van der Waals surface area contributed by atoms with Crippen molar-refractivity contribution in [2.24, 2.45) is 11.7 Å². The number of hydrogen-bond donors (Lipinski definition) is 2. The fourth-order valence-electron chi connectivity index (χ4n) is 3.36. The number of alkyl halides is 2. The van der Waals surface area contributed by atoms with Crippen LogP contribution in [0.15, 0.2) is 24.3 Å². The van der Waals surface area contributed by atoms with E-state index in [-0.39, 0.29) is 42.2 Å². The van der Waals surface area contributed by atoms with E-state index in [9.17, 15) is 13.6 Å². The molecule has 8 heteroatoms. The summed E-state index contributed by atoms with van der Waals surface area (Å²) in [6.07, 6.45) is -2.06. The predicted molar refractivity (Wildman–Crippen MR) is 106 cm³/mol. The summed E-state index contributed by atoms with van der Waals surface area (Å²) in [7, 11) is 0. The molecule has 2 aromatic rings. The van der Waals surface area contributed by atoms with E-state index in [2.05, 4.69) is 10.3 Å². The van der Waals surface area contributed by atoms with Crippen molar-refractivity contribution in [1.82, 2.24) is 4.98 Å². The highest BCUT2D eigenvalue weighted by Gasteiger charge is 2.29. The molecule has 156 valence electrons. The number of hydrogen-bond acceptors (Lipinski definition) is 5. The molecule has 1 aromatic heterocycles. The highest BCUT2D eigenvalue weighted by Crippen LogP contribution is 2.46. The van der Waals surface area contributed by atoms with Crippen molar-refractivity contribution in [3.05, 3.63) is 35.4 Å². The maximum Gasteiger partial charge on any atom is 0.271 e. The van der Waals surface area contributed by atoms with Crippen LogP contribution in [-0.2, 0) is 11.4 Å². The van der Waals surface area contributed by atoms with Gasteiger partial charge in [0, 0.05) is 24.1 Å². The SMILES string of the molecule is CC(=O)Nc1ccc2c(n1)-c1ccc(OC[C@@H](N)CC(C)C)c(C(F)F)c1OC2. The lowest BCUT2D eigenvalue weighted by molar-refractivity contribution is -0.114. The van der Waals surface area contributed by atoms with Gasteiger partial charge in [-0.3, -0.25) is 4.79 Å². The van der Waals surface area contributed by atoms with E-state index >= 15 is 0 Å². The number of pyridine rings is 1. The van der Waals surface area contributed by atoms with Gasteiger partial charge in [-0.2, -0.15) is 0 Å². The first-order valence-electron chi connectivity index (χ1n) is 9.50. The molecule has 1 aromatic carbocycles. The summed E-state index contributed by atoms with van der Waals surface area (Å²) in [5, 5.41) is 2.61. The van der Waals surface area contributed by atoms with E-state index in [1.165, 1.54) is 13.0 Å². The van der Waals surface area contributed by atoms with Crippen molar-refractivity contribution in [3.63, 3.8) is 0 Å². The van der Waals surface area contributed by atoms with Crippen LogP contribution in [0.4, 0.5) is 14.6 Å². The molecule has 0 radical (unpaired) electrons. The second-order valence-corrected chi connectivity index (χ2v) is 7.53. The van der Waals surface area contributed by atoms with Gasteiger partial charge in [0.15, 0.2) is 0 Å². The number of aromatic nitrogens is 1. The molecule has 3 N–H and O–H groups in total. The molecule has 0 unspecified atom stereocenters. The number of carbonyl (C=O) groups excluding carboxylic acids is 1. The lowest BCUT2D eigenvalue weighted by Crippen LogP contribution is -2.29. The van der Waals surface area contributed by atoms with E-state index < -0.39 is 6.43 Å². The Morgan fingerprint density at radius 2 is 2.07 bits per heavy atom. The zero-order valence-electron chi connectivity index (χ0n) is 16.7. The van der Waals surface area contributed by atoms with Crippen LogP contribution in [0.5, 0.6) is 11.5 Å². The van der Waals surface area contributed by atoms with Gasteiger partial charge < -0.3 is 20.5 Å². The zero-order valence-corrected chi connectivity index (χ0v) is 16.7. The number of anilines is 1. The van der Waals surface area contributed by atoms with Crippen LogP contribution in [0, 0.1) is 5.92 Å². The van der Waals surface area contributed by atoms with Crippen molar-refractivity contribution in [3.8, 4) is 22.8 Å². The molecule has 0 spiro atoms. The van der Waals surface area contributed by atoms with Crippen LogP contribution >= 0.6 is 0 Å². The van der Waals surface area contributed by atoms with Gasteiger partial charge in [-0.05, 0) is 36.6 Å². The smallest absolute Gasteiger partial charge is 0.271 e. The third kappa shape index (κ3) is 4.82. The predicted octanol–water partition coefficient (Wildman–Crippen LogP) is 4.29. The maximum absolute atomic E-state index is 13.9. The minimum atomic E-state index is -2.79. The van der Waals surface area contributed by atoms with Gasteiger partial charge in [-0.15, -0.1) is 0 Å². The van der Waals surface area contributed by atoms with E-state index in [1.54, 1.807) is 18.2 Å². The number of nitrogens with one attached hydrogen (secondary N) is 1. The Labute approximate surface area is 168 Å². The quantitative estimate of drug-likeness (QED) is 0.718. The standard InChI is InChI=1S/C21H25F2N3O3/c1-11(2)8-14(24)10-28-16-6-5-15-19-13(4-7-17(26-19)25-12(3)27)9-29-20(15)18(16)21(22)23/h4-7,11,14,21H,8-10,24H2,1-3H3,(H,25,26,27)/t14-/m0/s1. The first kappa shape index (κ1) is 21.0. The van der Waals surface area contributed by atoms with Gasteiger partial charge in [-0.1, -0.05) is 13.8 Å². The summed E-state index contributed by atoms with van der Waals surface area (Å²) in [5.74, 6) is 0.576. The molecule has 0 saturated heterocycles. The molecule has 2 heterocycles. The van der Waals surface area contributed by atoms with Crippen LogP contribution in [0.1, 0.15) is 44.7 Å². The topological polar surface area (TPSA) is 86.5 Å². The average molecular weight is 405 g/mol. The Morgan fingerprint density at radius 3 is 2.72 bits per heavy atom. The molecule has 1 aliphatic heterocycles. The number of nitrogens with zero attached hydrogens (tertiary/aromatic N) is 1. The molecule has 0 aliphatic carbocycles. The molecule has 0 saturated carbocycles. The monoisotopic (exact) mass is 405 g/mol. The van der Waals surface area contributed by atoms with Crippen molar-refractivity contribution >= 4 is 11.7 Å². The second-order valence-electron chi connectivity index (χ2n) is 7.53. The lowest BCUT2D eigenvalue weighted by Gasteiger charge is -2.25. The van der Waals surface area contributed by atoms with E-state index in [4.69, 9.17) is 15.2 Å². The van der Waals surface area contributed by atoms with E-state index in [0.29, 0.717) is 23.0 Å². The first-order valence-corrected chi connectivity index (χ1v) is 9.50. The largest absolute Gasteiger partial charge is 0.491 e. The molecule has 3 rings (SSSR count). The number of halogens is 2. The Hall–Kier alpha value is -2.74. The summed E-state index contributed by atoms with van der Waals surface area (Å²) in [4.78, 5) is 15.7. The normalized spacial score (nSPS) is 13.5. The van der Waals surface area contributed by atoms with Gasteiger partial charge in [-0.25, -0.2) is 13.8 Å². The highest BCUT2D eigenvalue weighted by molar-refractivity contribution is 5.88. The molecule has 0 fully saturated rings. The van der Waals surface area contributed by atoms with Crippen LogP contribution in [0.3, 0.4) is 0 Å². The number of fused-ring (bicyclic) bond motifs is 3. The van der Waals surface area contributed by atoms with Gasteiger partial charge in [0.1, 0.15) is 36.1 Å². The number of nitrogens with two attached hydrogens (primary N) is 1. The Morgan fingerprint density at radius 1 is 1.31 bits per heavy atom. The van der Waals surface area contributed by atoms with Crippen LogP contribution in [0.25, 0.3) is 11.3 Å². The molecule has 6 nitrogen and oxygen atoms in total. The molecule has 29 heavy (non-hydrogen) atoms. The minimum absolute atomic E-state index is 0.0508. The zero-order chi connectivity index (χ0) is 21.1. The van der Waals surface area contributed by atoms with Gasteiger partial charge in [0.25, 0.3) is 6.43 Å². The first-order chi connectivity index (χ1) is 13.8. The average Bonchev–Trinajstić information content (AvgIpc) is 2.64. The summed E-state index contributed by atoms with van der Waals surface area (Å²) in [6.45, 7) is 5.69. The van der Waals surface area contributed by atoms with E-state index in [0.717, 1.165) is 12.0 Å². The summed E-state index contributed by atoms with van der Waals surface area (Å²) in [5.41, 5.74) is 7.40. The third-order valence-electron chi connectivity index (χ3n) is 4.51.